The van der Waals surface area contributed by atoms with Crippen LogP contribution in [0.1, 0.15) is 45.2 Å². The molecule has 1 aliphatic carbocycles. The van der Waals surface area contributed by atoms with Crippen LogP contribution >= 0.6 is 0 Å². The highest BCUT2D eigenvalue weighted by molar-refractivity contribution is 5.56. The molecule has 4 rings (SSSR count). The van der Waals surface area contributed by atoms with Gasteiger partial charge in [-0.15, -0.1) is 5.10 Å². The van der Waals surface area contributed by atoms with Gasteiger partial charge >= 0.3 is 0 Å². The number of H-pyrrole nitrogens is 1. The zero-order valence-electron chi connectivity index (χ0n) is 15.2. The summed E-state index contributed by atoms with van der Waals surface area (Å²) in [6.45, 7) is 4.97. The number of benzene rings is 1. The lowest BCUT2D eigenvalue weighted by Crippen LogP contribution is -2.28. The van der Waals surface area contributed by atoms with E-state index < -0.39 is 0 Å². The summed E-state index contributed by atoms with van der Waals surface area (Å²) in [7, 11) is 0. The van der Waals surface area contributed by atoms with Crippen molar-refractivity contribution in [3.05, 3.63) is 52.4 Å². The van der Waals surface area contributed by atoms with Gasteiger partial charge in [-0.05, 0) is 24.7 Å². The van der Waals surface area contributed by atoms with Crippen molar-refractivity contribution in [1.82, 2.24) is 19.6 Å². The fourth-order valence-electron chi connectivity index (χ4n) is 3.70. The van der Waals surface area contributed by atoms with Gasteiger partial charge in [-0.1, -0.05) is 50.6 Å². The third-order valence-corrected chi connectivity index (χ3v) is 5.05. The summed E-state index contributed by atoms with van der Waals surface area (Å²) in [5.74, 6) is 0.977. The largest absolute Gasteiger partial charge is 0.372 e. The molecule has 1 saturated carbocycles. The first kappa shape index (κ1) is 17.0. The van der Waals surface area contributed by atoms with E-state index in [1.807, 2.05) is 30.3 Å². The number of nitrogens with zero attached hydrogens (tertiary/aromatic N) is 3. The van der Waals surface area contributed by atoms with Crippen LogP contribution in [0.3, 0.4) is 0 Å². The van der Waals surface area contributed by atoms with Gasteiger partial charge in [0, 0.05) is 17.3 Å². The Morgan fingerprint density at radius 1 is 1.31 bits per heavy atom. The molecule has 0 saturated heterocycles. The van der Waals surface area contributed by atoms with Gasteiger partial charge in [0.05, 0.1) is 12.7 Å². The van der Waals surface area contributed by atoms with Crippen LogP contribution in [0.15, 0.2) is 41.2 Å². The van der Waals surface area contributed by atoms with E-state index in [4.69, 9.17) is 4.74 Å². The number of hydrogen-bond donors (Lipinski definition) is 1. The van der Waals surface area contributed by atoms with Crippen LogP contribution in [0.2, 0.25) is 0 Å². The lowest BCUT2D eigenvalue weighted by molar-refractivity contribution is -0.0169. The Balaban J connectivity index is 1.54. The first-order valence-electron chi connectivity index (χ1n) is 9.16. The summed E-state index contributed by atoms with van der Waals surface area (Å²) in [6.07, 6.45) is 4.83. The minimum Gasteiger partial charge on any atom is -0.372 e. The molecule has 1 atom stereocenters. The van der Waals surface area contributed by atoms with Gasteiger partial charge in [-0.3, -0.25) is 4.79 Å². The van der Waals surface area contributed by atoms with E-state index in [0.29, 0.717) is 23.6 Å². The zero-order valence-corrected chi connectivity index (χ0v) is 15.2. The van der Waals surface area contributed by atoms with Gasteiger partial charge in [0.15, 0.2) is 5.82 Å². The molecule has 1 fully saturated rings. The van der Waals surface area contributed by atoms with Gasteiger partial charge in [-0.25, -0.2) is 0 Å². The van der Waals surface area contributed by atoms with E-state index in [9.17, 15) is 4.79 Å². The van der Waals surface area contributed by atoms with Crippen molar-refractivity contribution < 1.29 is 4.74 Å². The van der Waals surface area contributed by atoms with Crippen LogP contribution in [0.4, 0.5) is 0 Å². The van der Waals surface area contributed by atoms with Crippen LogP contribution in [0.5, 0.6) is 0 Å². The number of ether oxygens (including phenoxy) is 1. The van der Waals surface area contributed by atoms with Crippen LogP contribution < -0.4 is 5.56 Å². The quantitative estimate of drug-likeness (QED) is 0.779. The number of aromatic amines is 1. The molecule has 1 aromatic carbocycles. The number of rotatable bonds is 4. The molecule has 2 heterocycles. The minimum atomic E-state index is -0.198. The summed E-state index contributed by atoms with van der Waals surface area (Å²) in [6, 6.07) is 11.2. The van der Waals surface area contributed by atoms with E-state index in [0.717, 1.165) is 24.1 Å². The molecule has 1 unspecified atom stereocenters. The molecule has 1 aliphatic rings. The SMILES string of the molecule is CC1(C)CCCC(OCc2cc(=O)n3nc(-c4ccccc4)nc3[nH]2)C1. The van der Waals surface area contributed by atoms with E-state index in [-0.39, 0.29) is 11.7 Å². The third kappa shape index (κ3) is 3.55. The molecule has 3 aromatic rings. The third-order valence-electron chi connectivity index (χ3n) is 5.05. The monoisotopic (exact) mass is 352 g/mol. The maximum Gasteiger partial charge on any atom is 0.275 e. The number of nitrogens with one attached hydrogen (secondary N) is 1. The summed E-state index contributed by atoms with van der Waals surface area (Å²) in [5, 5.41) is 4.31. The highest BCUT2D eigenvalue weighted by Crippen LogP contribution is 2.36. The number of hydrogen-bond acceptors (Lipinski definition) is 4. The van der Waals surface area contributed by atoms with E-state index in [1.54, 1.807) is 6.07 Å². The predicted molar refractivity (Wildman–Crippen MR) is 99.9 cm³/mol. The fourth-order valence-corrected chi connectivity index (χ4v) is 3.70. The standard InChI is InChI=1S/C20H24N4O2/c1-20(2)10-6-9-16(12-20)26-13-15-11-17(25)24-19(21-15)22-18(23-24)14-7-4-3-5-8-14/h3-5,7-8,11,16H,6,9-10,12-13H2,1-2H3,(H,21,22,23). The Labute approximate surface area is 152 Å². The molecular formula is C20H24N4O2. The molecule has 0 radical (unpaired) electrons. The molecule has 0 spiro atoms. The molecule has 1 N–H and O–H groups in total. The van der Waals surface area contributed by atoms with E-state index >= 15 is 0 Å². The van der Waals surface area contributed by atoms with Crippen molar-refractivity contribution in [2.75, 3.05) is 0 Å². The van der Waals surface area contributed by atoms with E-state index in [2.05, 4.69) is 28.9 Å². The molecular weight excluding hydrogens is 328 g/mol. The maximum atomic E-state index is 12.4. The van der Waals surface area contributed by atoms with Gasteiger partial charge in [-0.2, -0.15) is 9.50 Å². The summed E-state index contributed by atoms with van der Waals surface area (Å²) in [4.78, 5) is 20.0. The van der Waals surface area contributed by atoms with Crippen molar-refractivity contribution in [2.45, 2.75) is 52.2 Å². The van der Waals surface area contributed by atoms with Crippen molar-refractivity contribution >= 4 is 5.78 Å². The molecule has 26 heavy (non-hydrogen) atoms. The van der Waals surface area contributed by atoms with Crippen molar-refractivity contribution in [3.8, 4) is 11.4 Å². The summed E-state index contributed by atoms with van der Waals surface area (Å²) in [5.41, 5.74) is 1.75. The Morgan fingerprint density at radius 2 is 2.12 bits per heavy atom. The molecule has 6 heteroatoms. The Kier molecular flexibility index (Phi) is 4.36. The van der Waals surface area contributed by atoms with Crippen molar-refractivity contribution in [2.24, 2.45) is 5.41 Å². The van der Waals surface area contributed by atoms with Crippen LogP contribution in [-0.4, -0.2) is 25.7 Å². The van der Waals surface area contributed by atoms with Gasteiger partial charge in [0.2, 0.25) is 5.78 Å². The van der Waals surface area contributed by atoms with Crippen LogP contribution in [0.25, 0.3) is 17.2 Å². The lowest BCUT2D eigenvalue weighted by Gasteiger charge is -2.35. The second kappa shape index (κ2) is 6.68. The van der Waals surface area contributed by atoms with Gasteiger partial charge < -0.3 is 9.72 Å². The summed E-state index contributed by atoms with van der Waals surface area (Å²) < 4.78 is 7.37. The predicted octanol–water partition coefficient (Wildman–Crippen LogP) is 3.57. The van der Waals surface area contributed by atoms with E-state index in [1.165, 1.54) is 17.4 Å². The average Bonchev–Trinajstić information content (AvgIpc) is 3.05. The van der Waals surface area contributed by atoms with Gasteiger partial charge in [0.1, 0.15) is 0 Å². The molecule has 0 aliphatic heterocycles. The molecule has 0 amide bonds. The Hall–Kier alpha value is -2.47. The van der Waals surface area contributed by atoms with Crippen LogP contribution in [-0.2, 0) is 11.3 Å². The molecule has 6 nitrogen and oxygen atoms in total. The minimum absolute atomic E-state index is 0.198. The number of fused-ring (bicyclic) bond motifs is 1. The lowest BCUT2D eigenvalue weighted by atomic mass is 9.76. The second-order valence-corrected chi connectivity index (χ2v) is 7.86. The number of aromatic nitrogens is 4. The summed E-state index contributed by atoms with van der Waals surface area (Å²) >= 11 is 0. The van der Waals surface area contributed by atoms with Crippen LogP contribution in [0, 0.1) is 5.41 Å². The zero-order chi connectivity index (χ0) is 18.1. The molecule has 0 bridgehead atoms. The molecule has 136 valence electrons. The first-order valence-corrected chi connectivity index (χ1v) is 9.16. The Morgan fingerprint density at radius 3 is 2.88 bits per heavy atom. The highest BCUT2D eigenvalue weighted by atomic mass is 16.5. The topological polar surface area (TPSA) is 72.3 Å². The average molecular weight is 352 g/mol. The first-order chi connectivity index (χ1) is 12.5. The highest BCUT2D eigenvalue weighted by Gasteiger charge is 2.28. The van der Waals surface area contributed by atoms with Crippen molar-refractivity contribution in [3.63, 3.8) is 0 Å². The van der Waals surface area contributed by atoms with Gasteiger partial charge in [0.25, 0.3) is 5.56 Å². The second-order valence-electron chi connectivity index (χ2n) is 7.86. The Bertz CT molecular complexity index is 959. The van der Waals surface area contributed by atoms with Crippen molar-refractivity contribution in [1.29, 1.82) is 0 Å². The molecule has 2 aromatic heterocycles. The fraction of sp³-hybridized carbons (Fsp3) is 0.450. The maximum absolute atomic E-state index is 12.4. The smallest absolute Gasteiger partial charge is 0.275 e. The normalized spacial score (nSPS) is 19.7.